The molecule has 0 radical (unpaired) electrons. The highest BCUT2D eigenvalue weighted by Gasteiger charge is 2.17. The highest BCUT2D eigenvalue weighted by molar-refractivity contribution is 5.95. The van der Waals surface area contributed by atoms with Gasteiger partial charge in [-0.1, -0.05) is 12.1 Å². The Morgan fingerprint density at radius 2 is 2.16 bits per heavy atom. The van der Waals surface area contributed by atoms with Crippen LogP contribution in [0.5, 0.6) is 0 Å². The lowest BCUT2D eigenvalue weighted by Crippen LogP contribution is -2.37. The first kappa shape index (κ1) is 13.4. The number of aliphatic hydroxyl groups excluding tert-OH is 1. The molecule has 0 bridgehead atoms. The zero-order valence-electron chi connectivity index (χ0n) is 11.0. The summed E-state index contributed by atoms with van der Waals surface area (Å²) < 4.78 is 5.04. The van der Waals surface area contributed by atoms with Gasteiger partial charge in [0.1, 0.15) is 0 Å². The van der Waals surface area contributed by atoms with E-state index in [9.17, 15) is 4.79 Å². The van der Waals surface area contributed by atoms with Gasteiger partial charge in [-0.2, -0.15) is 0 Å². The number of amides is 1. The van der Waals surface area contributed by atoms with Crippen molar-refractivity contribution in [2.45, 2.75) is 13.0 Å². The van der Waals surface area contributed by atoms with E-state index in [0.29, 0.717) is 5.56 Å². The molecule has 4 heteroatoms. The number of likely N-dealkylation sites (N-methyl/N-ethyl adjacent to an activating group) is 1. The minimum atomic E-state index is -0.204. The maximum Gasteiger partial charge on any atom is 0.253 e. The molecule has 1 amide bonds. The molecule has 1 N–H and O–H groups in total. The first-order chi connectivity index (χ1) is 9.13. The smallest absolute Gasteiger partial charge is 0.253 e. The van der Waals surface area contributed by atoms with Crippen molar-refractivity contribution >= 4 is 5.91 Å². The van der Waals surface area contributed by atoms with E-state index >= 15 is 0 Å². The zero-order valence-corrected chi connectivity index (χ0v) is 11.0. The molecule has 1 aromatic carbocycles. The number of hydrogen-bond acceptors (Lipinski definition) is 3. The van der Waals surface area contributed by atoms with E-state index in [1.54, 1.807) is 32.6 Å². The van der Waals surface area contributed by atoms with Crippen molar-refractivity contribution in [1.29, 1.82) is 0 Å². The van der Waals surface area contributed by atoms with Crippen LogP contribution in [0.1, 0.15) is 17.3 Å². The summed E-state index contributed by atoms with van der Waals surface area (Å²) in [5.74, 6) is -0.105. The quantitative estimate of drug-likeness (QED) is 0.917. The fraction of sp³-hybridized carbons (Fsp3) is 0.267. The molecular weight excluding hydrogens is 242 g/mol. The first-order valence-corrected chi connectivity index (χ1v) is 6.14. The van der Waals surface area contributed by atoms with Crippen LogP contribution in [-0.4, -0.2) is 35.6 Å². The second-order valence-electron chi connectivity index (χ2n) is 4.54. The van der Waals surface area contributed by atoms with Crippen LogP contribution in [0.2, 0.25) is 0 Å². The number of rotatable bonds is 4. The highest BCUT2D eigenvalue weighted by Crippen LogP contribution is 2.21. The number of benzene rings is 1. The molecule has 1 heterocycles. The van der Waals surface area contributed by atoms with Crippen LogP contribution in [0.15, 0.2) is 47.3 Å². The molecular formula is C15H17NO3. The second-order valence-corrected chi connectivity index (χ2v) is 4.54. The van der Waals surface area contributed by atoms with Gasteiger partial charge in [0, 0.05) is 18.2 Å². The third-order valence-corrected chi connectivity index (χ3v) is 3.21. The van der Waals surface area contributed by atoms with Crippen LogP contribution in [0, 0.1) is 0 Å². The van der Waals surface area contributed by atoms with Crippen molar-refractivity contribution in [3.8, 4) is 11.1 Å². The largest absolute Gasteiger partial charge is 0.472 e. The molecule has 0 saturated carbocycles. The molecule has 0 aliphatic heterocycles. The molecule has 0 saturated heterocycles. The number of carbonyl (C=O) groups excluding carboxylic acids is 1. The van der Waals surface area contributed by atoms with Gasteiger partial charge in [0.2, 0.25) is 0 Å². The number of furan rings is 1. The predicted octanol–water partition coefficient (Wildman–Crippen LogP) is 2.40. The third-order valence-electron chi connectivity index (χ3n) is 3.21. The van der Waals surface area contributed by atoms with Gasteiger partial charge in [-0.25, -0.2) is 0 Å². The van der Waals surface area contributed by atoms with Crippen molar-refractivity contribution in [2.24, 2.45) is 0 Å². The van der Waals surface area contributed by atoms with Gasteiger partial charge in [0.15, 0.2) is 0 Å². The predicted molar refractivity (Wildman–Crippen MR) is 72.8 cm³/mol. The average Bonchev–Trinajstić information content (AvgIpc) is 2.99. The average molecular weight is 259 g/mol. The Labute approximate surface area is 112 Å². The first-order valence-electron chi connectivity index (χ1n) is 6.14. The maximum atomic E-state index is 12.3. The van der Waals surface area contributed by atoms with Gasteiger partial charge in [0.05, 0.1) is 25.2 Å². The fourth-order valence-electron chi connectivity index (χ4n) is 1.79. The lowest BCUT2D eigenvalue weighted by atomic mass is 10.0. The number of hydrogen-bond donors (Lipinski definition) is 1. The lowest BCUT2D eigenvalue weighted by molar-refractivity contribution is 0.0682. The molecule has 1 aromatic heterocycles. The van der Waals surface area contributed by atoms with Crippen molar-refractivity contribution in [1.82, 2.24) is 4.90 Å². The molecule has 2 rings (SSSR count). The summed E-state index contributed by atoms with van der Waals surface area (Å²) in [6, 6.07) is 9.01. The number of carbonyl (C=O) groups is 1. The van der Waals surface area contributed by atoms with Gasteiger partial charge < -0.3 is 14.4 Å². The highest BCUT2D eigenvalue weighted by atomic mass is 16.3. The lowest BCUT2D eigenvalue weighted by Gasteiger charge is -2.23. The Bertz CT molecular complexity index is 548. The summed E-state index contributed by atoms with van der Waals surface area (Å²) in [4.78, 5) is 13.8. The van der Waals surface area contributed by atoms with Crippen LogP contribution in [0.3, 0.4) is 0 Å². The molecule has 0 fully saturated rings. The minimum absolute atomic E-state index is 0.0519. The van der Waals surface area contributed by atoms with Crippen LogP contribution in [-0.2, 0) is 0 Å². The van der Waals surface area contributed by atoms with Crippen molar-refractivity contribution in [2.75, 3.05) is 13.7 Å². The Hall–Kier alpha value is -2.07. The Morgan fingerprint density at radius 1 is 1.37 bits per heavy atom. The summed E-state index contributed by atoms with van der Waals surface area (Å²) in [6.07, 6.45) is 3.24. The Morgan fingerprint density at radius 3 is 2.79 bits per heavy atom. The Kier molecular flexibility index (Phi) is 4.02. The van der Waals surface area contributed by atoms with Gasteiger partial charge in [-0.15, -0.1) is 0 Å². The monoisotopic (exact) mass is 259 g/mol. The summed E-state index contributed by atoms with van der Waals surface area (Å²) >= 11 is 0. The molecule has 0 aliphatic rings. The second kappa shape index (κ2) is 5.71. The van der Waals surface area contributed by atoms with E-state index in [2.05, 4.69) is 0 Å². The third kappa shape index (κ3) is 2.85. The molecule has 1 unspecified atom stereocenters. The summed E-state index contributed by atoms with van der Waals surface area (Å²) in [6.45, 7) is 1.75. The Balaban J connectivity index is 2.26. The molecule has 100 valence electrons. The molecule has 2 aromatic rings. The summed E-state index contributed by atoms with van der Waals surface area (Å²) in [5.41, 5.74) is 2.47. The van der Waals surface area contributed by atoms with Crippen LogP contribution >= 0.6 is 0 Å². The summed E-state index contributed by atoms with van der Waals surface area (Å²) in [7, 11) is 1.69. The fourth-order valence-corrected chi connectivity index (χ4v) is 1.79. The van der Waals surface area contributed by atoms with E-state index in [1.165, 1.54) is 4.90 Å². The molecule has 4 nitrogen and oxygen atoms in total. The van der Waals surface area contributed by atoms with E-state index in [1.807, 2.05) is 24.3 Å². The van der Waals surface area contributed by atoms with Crippen molar-refractivity contribution < 1.29 is 14.3 Å². The zero-order chi connectivity index (χ0) is 13.8. The molecule has 1 atom stereocenters. The van der Waals surface area contributed by atoms with Crippen LogP contribution < -0.4 is 0 Å². The van der Waals surface area contributed by atoms with Gasteiger partial charge in [-0.05, 0) is 30.7 Å². The topological polar surface area (TPSA) is 53.7 Å². The SMILES string of the molecule is CC(CO)N(C)C(=O)c1cccc(-c2ccoc2)c1. The molecule has 19 heavy (non-hydrogen) atoms. The van der Waals surface area contributed by atoms with E-state index in [0.717, 1.165) is 11.1 Å². The minimum Gasteiger partial charge on any atom is -0.472 e. The van der Waals surface area contributed by atoms with Gasteiger partial charge in [0.25, 0.3) is 5.91 Å². The number of aliphatic hydroxyl groups is 1. The van der Waals surface area contributed by atoms with Crippen molar-refractivity contribution in [3.63, 3.8) is 0 Å². The van der Waals surface area contributed by atoms with Gasteiger partial charge in [-0.3, -0.25) is 4.79 Å². The van der Waals surface area contributed by atoms with Gasteiger partial charge >= 0.3 is 0 Å². The van der Waals surface area contributed by atoms with E-state index in [-0.39, 0.29) is 18.6 Å². The van der Waals surface area contributed by atoms with E-state index in [4.69, 9.17) is 9.52 Å². The van der Waals surface area contributed by atoms with E-state index < -0.39 is 0 Å². The van der Waals surface area contributed by atoms with Crippen LogP contribution in [0.4, 0.5) is 0 Å². The maximum absolute atomic E-state index is 12.3. The number of nitrogens with zero attached hydrogens (tertiary/aromatic N) is 1. The normalized spacial score (nSPS) is 12.2. The molecule has 0 aliphatic carbocycles. The summed E-state index contributed by atoms with van der Waals surface area (Å²) in [5, 5.41) is 9.10. The standard InChI is InChI=1S/C15H17NO3/c1-11(9-17)16(2)15(18)13-5-3-4-12(8-13)14-6-7-19-10-14/h3-8,10-11,17H,9H2,1-2H3. The van der Waals surface area contributed by atoms with Crippen LogP contribution in [0.25, 0.3) is 11.1 Å². The molecule has 0 spiro atoms. The van der Waals surface area contributed by atoms with Crippen molar-refractivity contribution in [3.05, 3.63) is 48.4 Å².